The Morgan fingerprint density at radius 2 is 2.14 bits per heavy atom. The summed E-state index contributed by atoms with van der Waals surface area (Å²) in [5.74, 6) is 0.640. The molecule has 1 fully saturated rings. The number of rotatable bonds is 6. The van der Waals surface area contributed by atoms with Gasteiger partial charge in [-0.15, -0.1) is 0 Å². The fourth-order valence-electron chi connectivity index (χ4n) is 3.45. The standard InChI is InChI=1S/C18H27N3/c1-4-20-18(3,14-19)12-15(2)21-11-10-17(13-21)16-8-6-5-7-9-16/h5-9,15,17,20H,4,10-13H2,1-3H3. The van der Waals surface area contributed by atoms with E-state index in [1.807, 2.05) is 6.92 Å². The molecule has 3 heteroatoms. The third kappa shape index (κ3) is 4.06. The van der Waals surface area contributed by atoms with Crippen molar-refractivity contribution >= 4 is 0 Å². The van der Waals surface area contributed by atoms with E-state index in [0.29, 0.717) is 12.0 Å². The van der Waals surface area contributed by atoms with Crippen LogP contribution >= 0.6 is 0 Å². The molecule has 3 unspecified atom stereocenters. The first-order valence-electron chi connectivity index (χ1n) is 8.03. The highest BCUT2D eigenvalue weighted by atomic mass is 15.2. The van der Waals surface area contributed by atoms with E-state index in [1.54, 1.807) is 0 Å². The van der Waals surface area contributed by atoms with Crippen LogP contribution in [-0.4, -0.2) is 36.1 Å². The quantitative estimate of drug-likeness (QED) is 0.872. The summed E-state index contributed by atoms with van der Waals surface area (Å²) in [5, 5.41) is 12.7. The topological polar surface area (TPSA) is 39.1 Å². The van der Waals surface area contributed by atoms with Gasteiger partial charge in [0.05, 0.1) is 6.07 Å². The lowest BCUT2D eigenvalue weighted by molar-refractivity contribution is 0.212. The van der Waals surface area contributed by atoms with Gasteiger partial charge >= 0.3 is 0 Å². The molecule has 21 heavy (non-hydrogen) atoms. The maximum Gasteiger partial charge on any atom is 0.105 e. The van der Waals surface area contributed by atoms with Crippen LogP contribution in [0.4, 0.5) is 0 Å². The first kappa shape index (κ1) is 16.0. The normalized spacial score (nSPS) is 23.4. The summed E-state index contributed by atoms with van der Waals surface area (Å²) >= 11 is 0. The minimum Gasteiger partial charge on any atom is -0.300 e. The molecule has 114 valence electrons. The van der Waals surface area contributed by atoms with Crippen LogP contribution in [0.15, 0.2) is 30.3 Å². The molecule has 0 radical (unpaired) electrons. The van der Waals surface area contributed by atoms with Crippen LogP contribution < -0.4 is 5.32 Å². The van der Waals surface area contributed by atoms with Crippen LogP contribution in [-0.2, 0) is 0 Å². The molecule has 1 saturated heterocycles. The van der Waals surface area contributed by atoms with E-state index in [2.05, 4.69) is 60.5 Å². The molecule has 1 N–H and O–H groups in total. The van der Waals surface area contributed by atoms with Crippen molar-refractivity contribution in [1.82, 2.24) is 10.2 Å². The van der Waals surface area contributed by atoms with Gasteiger partial charge < -0.3 is 0 Å². The third-order valence-corrected chi connectivity index (χ3v) is 4.63. The van der Waals surface area contributed by atoms with Gasteiger partial charge in [0.25, 0.3) is 0 Å². The maximum absolute atomic E-state index is 9.41. The minimum absolute atomic E-state index is 0.418. The van der Waals surface area contributed by atoms with Crippen molar-refractivity contribution < 1.29 is 0 Å². The molecule has 0 saturated carbocycles. The number of nitrogens with zero attached hydrogens (tertiary/aromatic N) is 2. The Balaban J connectivity index is 1.93. The van der Waals surface area contributed by atoms with Crippen LogP contribution in [0.3, 0.4) is 0 Å². The van der Waals surface area contributed by atoms with Crippen LogP contribution in [0.2, 0.25) is 0 Å². The lowest BCUT2D eigenvalue weighted by Gasteiger charge is -2.31. The van der Waals surface area contributed by atoms with Gasteiger partial charge in [-0.2, -0.15) is 5.26 Å². The third-order valence-electron chi connectivity index (χ3n) is 4.63. The molecule has 1 aromatic rings. The van der Waals surface area contributed by atoms with E-state index < -0.39 is 5.54 Å². The van der Waals surface area contributed by atoms with Crippen LogP contribution in [0.5, 0.6) is 0 Å². The van der Waals surface area contributed by atoms with Crippen molar-refractivity contribution in [3.05, 3.63) is 35.9 Å². The van der Waals surface area contributed by atoms with Crippen LogP contribution in [0, 0.1) is 11.3 Å². The Hall–Kier alpha value is -1.37. The molecule has 3 atom stereocenters. The predicted molar refractivity (Wildman–Crippen MR) is 87.1 cm³/mol. The highest BCUT2D eigenvalue weighted by Gasteiger charge is 2.32. The molecule has 0 bridgehead atoms. The summed E-state index contributed by atoms with van der Waals surface area (Å²) in [5.41, 5.74) is 1.03. The van der Waals surface area contributed by atoms with Gasteiger partial charge in [0.2, 0.25) is 0 Å². The Labute approximate surface area is 129 Å². The zero-order valence-electron chi connectivity index (χ0n) is 13.5. The molecule has 0 aliphatic carbocycles. The molecular formula is C18H27N3. The van der Waals surface area contributed by atoms with Crippen molar-refractivity contribution in [1.29, 1.82) is 5.26 Å². The summed E-state index contributed by atoms with van der Waals surface area (Å²) in [6.07, 6.45) is 2.09. The molecule has 0 aromatic heterocycles. The molecule has 1 aliphatic heterocycles. The van der Waals surface area contributed by atoms with E-state index in [1.165, 1.54) is 12.0 Å². The molecular weight excluding hydrogens is 258 g/mol. The fraction of sp³-hybridized carbons (Fsp3) is 0.611. The highest BCUT2D eigenvalue weighted by Crippen LogP contribution is 2.29. The average Bonchev–Trinajstić information content (AvgIpc) is 2.98. The van der Waals surface area contributed by atoms with Crippen LogP contribution in [0.25, 0.3) is 0 Å². The summed E-state index contributed by atoms with van der Waals surface area (Å²) in [4.78, 5) is 2.53. The minimum atomic E-state index is -0.418. The lowest BCUT2D eigenvalue weighted by Crippen LogP contribution is -2.46. The fourth-order valence-corrected chi connectivity index (χ4v) is 3.45. The second-order valence-corrected chi connectivity index (χ2v) is 6.42. The van der Waals surface area contributed by atoms with E-state index in [9.17, 15) is 5.26 Å². The number of likely N-dealkylation sites (tertiary alicyclic amines) is 1. The number of hydrogen-bond acceptors (Lipinski definition) is 3. The predicted octanol–water partition coefficient (Wildman–Crippen LogP) is 3.15. The maximum atomic E-state index is 9.41. The average molecular weight is 285 g/mol. The van der Waals surface area contributed by atoms with Crippen molar-refractivity contribution in [3.63, 3.8) is 0 Å². The second kappa shape index (κ2) is 7.06. The van der Waals surface area contributed by atoms with Gasteiger partial charge in [-0.05, 0) is 51.3 Å². The number of benzene rings is 1. The van der Waals surface area contributed by atoms with Gasteiger partial charge in [0.15, 0.2) is 0 Å². The van der Waals surface area contributed by atoms with Gasteiger partial charge in [-0.1, -0.05) is 37.3 Å². The summed E-state index contributed by atoms with van der Waals surface area (Å²) in [6.45, 7) is 9.40. The van der Waals surface area contributed by atoms with E-state index >= 15 is 0 Å². The Morgan fingerprint density at radius 3 is 2.76 bits per heavy atom. The SMILES string of the molecule is CCNC(C)(C#N)CC(C)N1CCC(c2ccccc2)C1. The zero-order valence-corrected chi connectivity index (χ0v) is 13.5. The summed E-state index contributed by atoms with van der Waals surface area (Å²) in [7, 11) is 0. The first-order valence-corrected chi connectivity index (χ1v) is 8.03. The Bertz CT molecular complexity index is 479. The number of nitriles is 1. The number of nitrogens with one attached hydrogen (secondary N) is 1. The van der Waals surface area contributed by atoms with Gasteiger partial charge in [-0.25, -0.2) is 0 Å². The Morgan fingerprint density at radius 1 is 1.43 bits per heavy atom. The van der Waals surface area contributed by atoms with Gasteiger partial charge in [-0.3, -0.25) is 10.2 Å². The van der Waals surface area contributed by atoms with Crippen molar-refractivity contribution in [2.45, 2.75) is 51.1 Å². The number of hydrogen-bond donors (Lipinski definition) is 1. The molecule has 3 nitrogen and oxygen atoms in total. The van der Waals surface area contributed by atoms with E-state index in [0.717, 1.165) is 26.1 Å². The van der Waals surface area contributed by atoms with Crippen LogP contribution in [0.1, 0.15) is 45.1 Å². The van der Waals surface area contributed by atoms with E-state index in [-0.39, 0.29) is 0 Å². The van der Waals surface area contributed by atoms with Gasteiger partial charge in [0, 0.05) is 12.6 Å². The molecule has 1 aliphatic rings. The van der Waals surface area contributed by atoms with Gasteiger partial charge in [0.1, 0.15) is 5.54 Å². The highest BCUT2D eigenvalue weighted by molar-refractivity contribution is 5.21. The summed E-state index contributed by atoms with van der Waals surface area (Å²) in [6, 6.07) is 13.7. The first-order chi connectivity index (χ1) is 10.1. The largest absolute Gasteiger partial charge is 0.300 e. The second-order valence-electron chi connectivity index (χ2n) is 6.42. The molecule has 2 rings (SSSR count). The molecule has 1 heterocycles. The lowest BCUT2D eigenvalue weighted by atomic mass is 9.94. The Kier molecular flexibility index (Phi) is 5.39. The molecule has 0 amide bonds. The van der Waals surface area contributed by atoms with Crippen molar-refractivity contribution in [3.8, 4) is 6.07 Å². The monoisotopic (exact) mass is 285 g/mol. The summed E-state index contributed by atoms with van der Waals surface area (Å²) < 4.78 is 0. The molecule has 1 aromatic carbocycles. The molecule has 0 spiro atoms. The smallest absolute Gasteiger partial charge is 0.105 e. The zero-order chi connectivity index (χ0) is 15.3. The van der Waals surface area contributed by atoms with Crippen molar-refractivity contribution in [2.75, 3.05) is 19.6 Å². The van der Waals surface area contributed by atoms with E-state index in [4.69, 9.17) is 0 Å². The van der Waals surface area contributed by atoms with Crippen molar-refractivity contribution in [2.24, 2.45) is 0 Å².